The molecule has 18 heavy (non-hydrogen) atoms. The van der Waals surface area contributed by atoms with Gasteiger partial charge in [-0.05, 0) is 25.0 Å². The molecule has 5 heteroatoms. The third-order valence-electron chi connectivity index (χ3n) is 3.27. The van der Waals surface area contributed by atoms with Crippen LogP contribution >= 0.6 is 0 Å². The Bertz CT molecular complexity index is 442. The summed E-state index contributed by atoms with van der Waals surface area (Å²) in [7, 11) is 3.25. The zero-order chi connectivity index (χ0) is 13.1. The van der Waals surface area contributed by atoms with Crippen LogP contribution < -0.4 is 15.8 Å². The van der Waals surface area contributed by atoms with E-state index < -0.39 is 0 Å². The summed E-state index contributed by atoms with van der Waals surface area (Å²) < 4.78 is 10.2. The fourth-order valence-corrected chi connectivity index (χ4v) is 2.01. The molecule has 3 N–H and O–H groups in total. The average molecular weight is 250 g/mol. The van der Waals surface area contributed by atoms with Crippen molar-refractivity contribution in [3.05, 3.63) is 23.8 Å². The molecule has 0 heterocycles. The minimum absolute atomic E-state index is 0.144. The lowest BCUT2D eigenvalue weighted by Crippen LogP contribution is -2.47. The van der Waals surface area contributed by atoms with E-state index in [0.29, 0.717) is 17.0 Å². The molecule has 0 unspecified atom stereocenters. The monoisotopic (exact) mass is 250 g/mol. The smallest absolute Gasteiger partial charge is 0.253 e. The number of nitrogen functional groups attached to an aromatic ring is 1. The topological polar surface area (TPSA) is 73.6 Å². The van der Waals surface area contributed by atoms with Gasteiger partial charge in [0.05, 0.1) is 18.8 Å². The van der Waals surface area contributed by atoms with Gasteiger partial charge in [-0.1, -0.05) is 0 Å². The maximum absolute atomic E-state index is 12.0. The van der Waals surface area contributed by atoms with Crippen molar-refractivity contribution in [1.29, 1.82) is 0 Å². The third-order valence-corrected chi connectivity index (χ3v) is 3.27. The molecule has 2 rings (SSSR count). The Hall–Kier alpha value is -1.75. The van der Waals surface area contributed by atoms with Gasteiger partial charge in [-0.25, -0.2) is 0 Å². The molecule has 1 aromatic rings. The quantitative estimate of drug-likeness (QED) is 0.787. The first-order valence-corrected chi connectivity index (χ1v) is 5.91. The molecule has 0 atom stereocenters. The molecule has 0 aromatic heterocycles. The number of anilines is 1. The standard InChI is InChI=1S/C13H18N2O3/c1-17-9-3-4-11(12(14)7-9)13(16)15-8-5-10(6-8)18-2/h3-4,7-8,10H,5-6,14H2,1-2H3,(H,15,16). The van der Waals surface area contributed by atoms with Gasteiger partial charge in [-0.3, -0.25) is 4.79 Å². The van der Waals surface area contributed by atoms with Crippen molar-refractivity contribution in [3.63, 3.8) is 0 Å². The Labute approximate surface area is 106 Å². The van der Waals surface area contributed by atoms with Gasteiger partial charge in [0.15, 0.2) is 0 Å². The molecule has 0 saturated heterocycles. The van der Waals surface area contributed by atoms with Gasteiger partial charge in [-0.15, -0.1) is 0 Å². The summed E-state index contributed by atoms with van der Waals surface area (Å²) in [6.45, 7) is 0. The molecule has 98 valence electrons. The summed E-state index contributed by atoms with van der Waals surface area (Å²) in [5.74, 6) is 0.502. The van der Waals surface area contributed by atoms with Crippen molar-refractivity contribution in [3.8, 4) is 5.75 Å². The number of rotatable bonds is 4. The van der Waals surface area contributed by atoms with Crippen LogP contribution in [0.1, 0.15) is 23.2 Å². The zero-order valence-electron chi connectivity index (χ0n) is 10.6. The van der Waals surface area contributed by atoms with Crippen LogP contribution in [0, 0.1) is 0 Å². The van der Waals surface area contributed by atoms with Gasteiger partial charge in [-0.2, -0.15) is 0 Å². The highest BCUT2D eigenvalue weighted by Crippen LogP contribution is 2.24. The predicted molar refractivity (Wildman–Crippen MR) is 68.7 cm³/mol. The maximum Gasteiger partial charge on any atom is 0.253 e. The Morgan fingerprint density at radius 2 is 2.11 bits per heavy atom. The SMILES string of the molecule is COc1ccc(C(=O)NC2CC(OC)C2)c(N)c1. The van der Waals surface area contributed by atoms with Gasteiger partial charge >= 0.3 is 0 Å². The van der Waals surface area contributed by atoms with E-state index in [-0.39, 0.29) is 18.1 Å². The highest BCUT2D eigenvalue weighted by molar-refractivity contribution is 5.99. The van der Waals surface area contributed by atoms with E-state index in [2.05, 4.69) is 5.32 Å². The number of nitrogens with one attached hydrogen (secondary N) is 1. The summed E-state index contributed by atoms with van der Waals surface area (Å²) in [4.78, 5) is 12.0. The number of amides is 1. The second-order valence-corrected chi connectivity index (χ2v) is 4.45. The molecule has 0 aliphatic heterocycles. The molecule has 1 fully saturated rings. The van der Waals surface area contributed by atoms with Gasteiger partial charge in [0, 0.05) is 24.9 Å². The highest BCUT2D eigenvalue weighted by Gasteiger charge is 2.30. The van der Waals surface area contributed by atoms with E-state index in [9.17, 15) is 4.79 Å². The molecule has 1 aliphatic carbocycles. The summed E-state index contributed by atoms with van der Waals surface area (Å²) >= 11 is 0. The van der Waals surface area contributed by atoms with E-state index >= 15 is 0 Å². The Balaban J connectivity index is 1.97. The summed E-state index contributed by atoms with van der Waals surface area (Å²) in [6, 6.07) is 5.23. The van der Waals surface area contributed by atoms with E-state index in [1.54, 1.807) is 32.4 Å². The zero-order valence-corrected chi connectivity index (χ0v) is 10.6. The molecule has 1 aromatic carbocycles. The fraction of sp³-hybridized carbons (Fsp3) is 0.462. The Kier molecular flexibility index (Phi) is 3.72. The van der Waals surface area contributed by atoms with E-state index in [0.717, 1.165) is 12.8 Å². The van der Waals surface area contributed by atoms with Crippen LogP contribution in [0.5, 0.6) is 5.75 Å². The highest BCUT2D eigenvalue weighted by atomic mass is 16.5. The normalized spacial score (nSPS) is 22.1. The van der Waals surface area contributed by atoms with Crippen LogP contribution in [-0.2, 0) is 4.74 Å². The van der Waals surface area contributed by atoms with Crippen LogP contribution in [0.2, 0.25) is 0 Å². The van der Waals surface area contributed by atoms with Crippen molar-refractivity contribution >= 4 is 11.6 Å². The number of carbonyl (C=O) groups is 1. The van der Waals surface area contributed by atoms with Crippen LogP contribution in [0.15, 0.2) is 18.2 Å². The third kappa shape index (κ3) is 2.56. The van der Waals surface area contributed by atoms with Gasteiger partial charge in [0.25, 0.3) is 5.91 Å². The average Bonchev–Trinajstić information content (AvgIpc) is 2.32. The molecule has 0 spiro atoms. The molecule has 1 aliphatic rings. The lowest BCUT2D eigenvalue weighted by molar-refractivity contribution is 0.0176. The molecule has 1 saturated carbocycles. The first kappa shape index (κ1) is 12.7. The van der Waals surface area contributed by atoms with Crippen LogP contribution in [0.4, 0.5) is 5.69 Å². The number of methoxy groups -OCH3 is 2. The molecule has 0 bridgehead atoms. The van der Waals surface area contributed by atoms with Crippen molar-refractivity contribution in [2.45, 2.75) is 25.0 Å². The molecule has 5 nitrogen and oxygen atoms in total. The first-order chi connectivity index (χ1) is 8.63. The predicted octanol–water partition coefficient (Wildman–Crippen LogP) is 1.18. The summed E-state index contributed by atoms with van der Waals surface area (Å²) in [5, 5.41) is 2.94. The van der Waals surface area contributed by atoms with E-state index in [4.69, 9.17) is 15.2 Å². The van der Waals surface area contributed by atoms with Gasteiger partial charge in [0.1, 0.15) is 5.75 Å². The number of benzene rings is 1. The Morgan fingerprint density at radius 3 is 2.67 bits per heavy atom. The first-order valence-electron chi connectivity index (χ1n) is 5.91. The lowest BCUT2D eigenvalue weighted by Gasteiger charge is -2.34. The van der Waals surface area contributed by atoms with Crippen LogP contribution in [0.3, 0.4) is 0 Å². The van der Waals surface area contributed by atoms with Crippen LogP contribution in [-0.4, -0.2) is 32.3 Å². The minimum atomic E-state index is -0.144. The van der Waals surface area contributed by atoms with Crippen LogP contribution in [0.25, 0.3) is 0 Å². The van der Waals surface area contributed by atoms with E-state index in [1.165, 1.54) is 0 Å². The maximum atomic E-state index is 12.0. The van der Waals surface area contributed by atoms with Crippen molar-refractivity contribution < 1.29 is 14.3 Å². The molecule has 1 amide bonds. The fourth-order valence-electron chi connectivity index (χ4n) is 2.01. The van der Waals surface area contributed by atoms with Gasteiger partial charge < -0.3 is 20.5 Å². The molecule has 0 radical (unpaired) electrons. The number of ether oxygens (including phenoxy) is 2. The number of nitrogens with two attached hydrogens (primary N) is 1. The minimum Gasteiger partial charge on any atom is -0.497 e. The largest absolute Gasteiger partial charge is 0.497 e. The second-order valence-electron chi connectivity index (χ2n) is 4.45. The molecular weight excluding hydrogens is 232 g/mol. The number of carbonyl (C=O) groups excluding carboxylic acids is 1. The van der Waals surface area contributed by atoms with Crippen molar-refractivity contribution in [2.75, 3.05) is 20.0 Å². The number of hydrogen-bond acceptors (Lipinski definition) is 4. The lowest BCUT2D eigenvalue weighted by atomic mass is 9.89. The van der Waals surface area contributed by atoms with Crippen molar-refractivity contribution in [1.82, 2.24) is 5.32 Å². The summed E-state index contributed by atoms with van der Waals surface area (Å²) in [5.41, 5.74) is 6.73. The van der Waals surface area contributed by atoms with Gasteiger partial charge in [0.2, 0.25) is 0 Å². The molecular formula is C13H18N2O3. The summed E-state index contributed by atoms with van der Waals surface area (Å²) in [6.07, 6.45) is 1.99. The van der Waals surface area contributed by atoms with Crippen molar-refractivity contribution in [2.24, 2.45) is 0 Å². The Morgan fingerprint density at radius 1 is 1.39 bits per heavy atom. The number of hydrogen-bond donors (Lipinski definition) is 2. The second kappa shape index (κ2) is 5.27. The van der Waals surface area contributed by atoms with E-state index in [1.807, 2.05) is 0 Å².